The van der Waals surface area contributed by atoms with Gasteiger partial charge >= 0.3 is 0 Å². The fourth-order valence-corrected chi connectivity index (χ4v) is 4.51. The van der Waals surface area contributed by atoms with Gasteiger partial charge in [-0.3, -0.25) is 0 Å². The van der Waals surface area contributed by atoms with Crippen molar-refractivity contribution in [3.05, 3.63) is 63.9 Å². The Kier molecular flexibility index (Phi) is 7.12. The first-order valence-corrected chi connectivity index (χ1v) is 12.9. The number of anilines is 1. The molecule has 5 rings (SSSR count). The van der Waals surface area contributed by atoms with E-state index in [4.69, 9.17) is 32.9 Å². The molecule has 4 aromatic rings. The number of imidazole rings is 1. The maximum atomic E-state index is 6.34. The zero-order chi connectivity index (χ0) is 24.4. The molecule has 182 valence electrons. The number of aromatic nitrogens is 4. The Labute approximate surface area is 215 Å². The number of halogens is 2. The second-order valence-electron chi connectivity index (χ2n) is 9.17. The molecule has 1 fully saturated rings. The molecule has 2 aromatic heterocycles. The third-order valence-corrected chi connectivity index (χ3v) is 6.63. The van der Waals surface area contributed by atoms with Gasteiger partial charge in [-0.1, -0.05) is 55.1 Å². The standard InChI is InChI=1S/C27H29Cl2N5O/c1-3-14-35-22-11-4-17(2)15-21(22)26-31-25-23(34(26)16-19-7-9-20(28)10-8-19)24(32-27(29)33-25)30-13-12-18-5-6-18/h4,7-11,15,18H,3,5-6,12-14,16H2,1-2H3,(H,30,32,33). The summed E-state index contributed by atoms with van der Waals surface area (Å²) in [4.78, 5) is 14.0. The van der Waals surface area contributed by atoms with Gasteiger partial charge in [0.2, 0.25) is 5.28 Å². The third kappa shape index (κ3) is 5.54. The average Bonchev–Trinajstić information content (AvgIpc) is 3.60. The third-order valence-electron chi connectivity index (χ3n) is 6.21. The SMILES string of the molecule is CCCOc1ccc(C)cc1-c1nc2nc(Cl)nc(NCCC3CC3)c2n1Cc1ccc(Cl)cc1. The van der Waals surface area contributed by atoms with Crippen molar-refractivity contribution in [2.75, 3.05) is 18.5 Å². The molecular weight excluding hydrogens is 481 g/mol. The number of nitrogens with one attached hydrogen (secondary N) is 1. The molecule has 0 bridgehead atoms. The minimum Gasteiger partial charge on any atom is -0.493 e. The Balaban J connectivity index is 1.66. The Morgan fingerprint density at radius 1 is 1.06 bits per heavy atom. The normalized spacial score (nSPS) is 13.4. The number of fused-ring (bicyclic) bond motifs is 1. The number of rotatable bonds is 10. The number of aryl methyl sites for hydroxylation is 1. The van der Waals surface area contributed by atoms with Crippen LogP contribution in [0, 0.1) is 12.8 Å². The van der Waals surface area contributed by atoms with Crippen LogP contribution in [0.5, 0.6) is 5.75 Å². The first-order valence-electron chi connectivity index (χ1n) is 12.2. The number of ether oxygens (including phenoxy) is 1. The monoisotopic (exact) mass is 509 g/mol. The fourth-order valence-electron chi connectivity index (χ4n) is 4.22. The van der Waals surface area contributed by atoms with E-state index >= 15 is 0 Å². The van der Waals surface area contributed by atoms with Gasteiger partial charge in [0.1, 0.15) is 17.1 Å². The molecule has 1 saturated carbocycles. The second kappa shape index (κ2) is 10.4. The van der Waals surface area contributed by atoms with Gasteiger partial charge in [0.15, 0.2) is 11.5 Å². The van der Waals surface area contributed by atoms with Crippen molar-refractivity contribution in [1.29, 1.82) is 0 Å². The molecule has 1 aliphatic carbocycles. The Bertz CT molecular complexity index is 1330. The molecule has 0 saturated heterocycles. The summed E-state index contributed by atoms with van der Waals surface area (Å²) in [6.07, 6.45) is 4.67. The van der Waals surface area contributed by atoms with Crippen LogP contribution in [0.2, 0.25) is 10.3 Å². The average molecular weight is 510 g/mol. The molecule has 6 nitrogen and oxygen atoms in total. The fraction of sp³-hybridized carbons (Fsp3) is 0.370. The summed E-state index contributed by atoms with van der Waals surface area (Å²) in [5, 5.41) is 4.40. The molecule has 0 amide bonds. The predicted octanol–water partition coefficient (Wildman–Crippen LogP) is 7.16. The lowest BCUT2D eigenvalue weighted by atomic mass is 10.1. The summed E-state index contributed by atoms with van der Waals surface area (Å²) in [7, 11) is 0. The lowest BCUT2D eigenvalue weighted by molar-refractivity contribution is 0.318. The Hall–Kier alpha value is -2.83. The lowest BCUT2D eigenvalue weighted by Crippen LogP contribution is -2.09. The van der Waals surface area contributed by atoms with E-state index < -0.39 is 0 Å². The van der Waals surface area contributed by atoms with E-state index in [1.54, 1.807) is 0 Å². The molecular formula is C27H29Cl2N5O. The van der Waals surface area contributed by atoms with E-state index in [1.807, 2.05) is 30.3 Å². The van der Waals surface area contributed by atoms with Gasteiger partial charge in [0.05, 0.1) is 12.2 Å². The molecule has 8 heteroatoms. The lowest BCUT2D eigenvalue weighted by Gasteiger charge is -2.15. The highest BCUT2D eigenvalue weighted by Crippen LogP contribution is 2.36. The molecule has 1 N–H and O–H groups in total. The van der Waals surface area contributed by atoms with E-state index in [0.29, 0.717) is 29.6 Å². The summed E-state index contributed by atoms with van der Waals surface area (Å²) >= 11 is 12.5. The van der Waals surface area contributed by atoms with Crippen LogP contribution in [-0.4, -0.2) is 32.7 Å². The zero-order valence-corrected chi connectivity index (χ0v) is 21.5. The maximum absolute atomic E-state index is 6.34. The van der Waals surface area contributed by atoms with Gasteiger partial charge in [-0.25, -0.2) is 4.98 Å². The van der Waals surface area contributed by atoms with Crippen molar-refractivity contribution >= 4 is 40.2 Å². The molecule has 0 radical (unpaired) electrons. The van der Waals surface area contributed by atoms with Crippen LogP contribution in [0.15, 0.2) is 42.5 Å². The second-order valence-corrected chi connectivity index (χ2v) is 9.94. The summed E-state index contributed by atoms with van der Waals surface area (Å²) in [5.41, 5.74) is 4.53. The van der Waals surface area contributed by atoms with Gasteiger partial charge in [0.25, 0.3) is 0 Å². The summed E-state index contributed by atoms with van der Waals surface area (Å²) in [6.45, 7) is 6.21. The first kappa shape index (κ1) is 23.9. The van der Waals surface area contributed by atoms with E-state index in [1.165, 1.54) is 12.8 Å². The van der Waals surface area contributed by atoms with E-state index in [0.717, 1.165) is 59.1 Å². The van der Waals surface area contributed by atoms with Crippen LogP contribution in [0.25, 0.3) is 22.6 Å². The first-order chi connectivity index (χ1) is 17.0. The highest BCUT2D eigenvalue weighted by atomic mass is 35.5. The van der Waals surface area contributed by atoms with E-state index in [-0.39, 0.29) is 5.28 Å². The van der Waals surface area contributed by atoms with Crippen molar-refractivity contribution < 1.29 is 4.74 Å². The number of hydrogen-bond acceptors (Lipinski definition) is 5. The summed E-state index contributed by atoms with van der Waals surface area (Å²) in [6, 6.07) is 14.0. The summed E-state index contributed by atoms with van der Waals surface area (Å²) in [5.74, 6) is 3.09. The number of hydrogen-bond donors (Lipinski definition) is 1. The molecule has 2 heterocycles. The Morgan fingerprint density at radius 3 is 2.60 bits per heavy atom. The van der Waals surface area contributed by atoms with Crippen LogP contribution in [0.3, 0.4) is 0 Å². The van der Waals surface area contributed by atoms with Crippen molar-refractivity contribution in [1.82, 2.24) is 19.5 Å². The summed E-state index contributed by atoms with van der Waals surface area (Å²) < 4.78 is 8.27. The quantitative estimate of drug-likeness (QED) is 0.230. The Morgan fingerprint density at radius 2 is 1.86 bits per heavy atom. The minimum absolute atomic E-state index is 0.181. The van der Waals surface area contributed by atoms with Gasteiger partial charge in [-0.15, -0.1) is 0 Å². The van der Waals surface area contributed by atoms with Crippen LogP contribution in [0.4, 0.5) is 5.82 Å². The van der Waals surface area contributed by atoms with Crippen LogP contribution in [0.1, 0.15) is 43.7 Å². The largest absolute Gasteiger partial charge is 0.493 e. The van der Waals surface area contributed by atoms with Gasteiger partial charge in [-0.2, -0.15) is 9.97 Å². The van der Waals surface area contributed by atoms with Gasteiger partial charge < -0.3 is 14.6 Å². The smallest absolute Gasteiger partial charge is 0.226 e. The molecule has 0 unspecified atom stereocenters. The molecule has 35 heavy (non-hydrogen) atoms. The number of benzene rings is 2. The highest BCUT2D eigenvalue weighted by molar-refractivity contribution is 6.30. The van der Waals surface area contributed by atoms with Crippen LogP contribution < -0.4 is 10.1 Å². The maximum Gasteiger partial charge on any atom is 0.226 e. The molecule has 0 aliphatic heterocycles. The zero-order valence-electron chi connectivity index (χ0n) is 20.0. The van der Waals surface area contributed by atoms with E-state index in [2.05, 4.69) is 45.8 Å². The van der Waals surface area contributed by atoms with E-state index in [9.17, 15) is 0 Å². The van der Waals surface area contributed by atoms with Crippen molar-refractivity contribution in [3.8, 4) is 17.1 Å². The molecule has 1 aliphatic rings. The molecule has 0 spiro atoms. The highest BCUT2D eigenvalue weighted by Gasteiger charge is 2.23. The van der Waals surface area contributed by atoms with Crippen LogP contribution >= 0.6 is 23.2 Å². The molecule has 2 aromatic carbocycles. The van der Waals surface area contributed by atoms with Crippen molar-refractivity contribution in [2.24, 2.45) is 5.92 Å². The molecule has 0 atom stereocenters. The van der Waals surface area contributed by atoms with Crippen molar-refractivity contribution in [3.63, 3.8) is 0 Å². The van der Waals surface area contributed by atoms with Gasteiger partial charge in [0, 0.05) is 18.1 Å². The number of nitrogens with zero attached hydrogens (tertiary/aromatic N) is 4. The minimum atomic E-state index is 0.181. The topological polar surface area (TPSA) is 64.9 Å². The predicted molar refractivity (Wildman–Crippen MR) is 143 cm³/mol. The van der Waals surface area contributed by atoms with Gasteiger partial charge in [-0.05, 0) is 67.1 Å². The van der Waals surface area contributed by atoms with Crippen LogP contribution in [-0.2, 0) is 6.54 Å². The van der Waals surface area contributed by atoms with Crippen molar-refractivity contribution in [2.45, 2.75) is 46.1 Å².